The highest BCUT2D eigenvalue weighted by molar-refractivity contribution is 5.45. The average Bonchev–Trinajstić information content (AvgIpc) is 2.84. The van der Waals surface area contributed by atoms with Gasteiger partial charge in [-0.25, -0.2) is 9.50 Å². The Hall–Kier alpha value is -1.58. The zero-order valence-electron chi connectivity index (χ0n) is 8.56. The van der Waals surface area contributed by atoms with Crippen molar-refractivity contribution in [1.82, 2.24) is 14.6 Å². The first-order valence-corrected chi connectivity index (χ1v) is 5.44. The molecule has 78 valence electrons. The summed E-state index contributed by atoms with van der Waals surface area (Å²) in [7, 11) is 0. The molecule has 4 heteroatoms. The van der Waals surface area contributed by atoms with Gasteiger partial charge in [0, 0.05) is 12.0 Å². The van der Waals surface area contributed by atoms with Crippen LogP contribution < -0.4 is 5.73 Å². The van der Waals surface area contributed by atoms with E-state index in [9.17, 15) is 0 Å². The summed E-state index contributed by atoms with van der Waals surface area (Å²) >= 11 is 0. The second-order valence-electron chi connectivity index (χ2n) is 4.24. The van der Waals surface area contributed by atoms with Gasteiger partial charge in [0.1, 0.15) is 0 Å². The van der Waals surface area contributed by atoms with Gasteiger partial charge in [0.15, 0.2) is 5.65 Å². The van der Waals surface area contributed by atoms with E-state index in [4.69, 9.17) is 5.73 Å². The summed E-state index contributed by atoms with van der Waals surface area (Å²) in [4.78, 5) is 4.25. The smallest absolute Gasteiger partial charge is 0.155 e. The molecule has 1 fully saturated rings. The van der Waals surface area contributed by atoms with Crippen LogP contribution in [0.1, 0.15) is 37.3 Å². The summed E-state index contributed by atoms with van der Waals surface area (Å²) in [5.41, 5.74) is 8.39. The predicted molar refractivity (Wildman–Crippen MR) is 58.6 cm³/mol. The second-order valence-corrected chi connectivity index (χ2v) is 4.24. The summed E-state index contributed by atoms with van der Waals surface area (Å²) in [5.74, 6) is 0.632. The van der Waals surface area contributed by atoms with Crippen LogP contribution in [-0.4, -0.2) is 14.6 Å². The molecule has 2 heterocycles. The molecule has 2 aromatic heterocycles. The van der Waals surface area contributed by atoms with Crippen LogP contribution in [0, 0.1) is 0 Å². The molecule has 2 N–H and O–H groups in total. The number of rotatable bonds is 1. The molecule has 0 unspecified atom stereocenters. The van der Waals surface area contributed by atoms with Crippen molar-refractivity contribution in [2.24, 2.45) is 0 Å². The number of hydrogen-bond acceptors (Lipinski definition) is 3. The topological polar surface area (TPSA) is 56.2 Å². The van der Waals surface area contributed by atoms with Gasteiger partial charge in [-0.1, -0.05) is 12.8 Å². The minimum Gasteiger partial charge on any atom is -0.396 e. The first kappa shape index (κ1) is 8.71. The number of hydrogen-bond donors (Lipinski definition) is 1. The largest absolute Gasteiger partial charge is 0.396 e. The van der Waals surface area contributed by atoms with Crippen molar-refractivity contribution in [1.29, 1.82) is 0 Å². The van der Waals surface area contributed by atoms with Crippen molar-refractivity contribution in [3.8, 4) is 0 Å². The van der Waals surface area contributed by atoms with E-state index >= 15 is 0 Å². The third kappa shape index (κ3) is 1.46. The Morgan fingerprint density at radius 1 is 1.33 bits per heavy atom. The highest BCUT2D eigenvalue weighted by atomic mass is 15.2. The van der Waals surface area contributed by atoms with Crippen LogP contribution in [-0.2, 0) is 0 Å². The molecule has 0 spiro atoms. The Morgan fingerprint density at radius 3 is 2.93 bits per heavy atom. The molecule has 4 nitrogen and oxygen atoms in total. The van der Waals surface area contributed by atoms with E-state index in [0.29, 0.717) is 11.6 Å². The van der Waals surface area contributed by atoms with Gasteiger partial charge < -0.3 is 5.73 Å². The Balaban J connectivity index is 2.05. The van der Waals surface area contributed by atoms with E-state index in [1.807, 2.05) is 6.20 Å². The standard InChI is InChI=1S/C11H14N4/c12-9-6-13-11-5-10(14-15(11)7-9)8-3-1-2-4-8/h5-8H,1-4,12H2. The number of fused-ring (bicyclic) bond motifs is 1. The number of nitrogens with two attached hydrogens (primary N) is 1. The maximum absolute atomic E-state index is 5.66. The van der Waals surface area contributed by atoms with E-state index in [-0.39, 0.29) is 0 Å². The number of nitrogen functional groups attached to an aromatic ring is 1. The van der Waals surface area contributed by atoms with Crippen LogP contribution in [0.4, 0.5) is 5.69 Å². The lowest BCUT2D eigenvalue weighted by molar-refractivity contribution is 0.684. The predicted octanol–water partition coefficient (Wildman–Crippen LogP) is 1.97. The Bertz CT molecular complexity index is 482. The van der Waals surface area contributed by atoms with Crippen molar-refractivity contribution in [3.63, 3.8) is 0 Å². The summed E-state index contributed by atoms with van der Waals surface area (Å²) in [5, 5.41) is 4.53. The third-order valence-electron chi connectivity index (χ3n) is 3.13. The summed E-state index contributed by atoms with van der Waals surface area (Å²) < 4.78 is 1.78. The Kier molecular flexibility index (Phi) is 1.87. The first-order chi connectivity index (χ1) is 7.33. The molecule has 0 bridgehead atoms. The second kappa shape index (κ2) is 3.22. The van der Waals surface area contributed by atoms with Gasteiger partial charge in [-0.05, 0) is 12.8 Å². The fraction of sp³-hybridized carbons (Fsp3) is 0.455. The van der Waals surface area contributed by atoms with Gasteiger partial charge in [0.05, 0.1) is 23.8 Å². The van der Waals surface area contributed by atoms with Gasteiger partial charge in [0.25, 0.3) is 0 Å². The van der Waals surface area contributed by atoms with Crippen LogP contribution in [0.15, 0.2) is 18.5 Å². The molecule has 3 rings (SSSR count). The molecule has 0 radical (unpaired) electrons. The fourth-order valence-electron chi connectivity index (χ4n) is 2.33. The van der Waals surface area contributed by atoms with Gasteiger partial charge in [-0.2, -0.15) is 5.10 Å². The van der Waals surface area contributed by atoms with E-state index in [2.05, 4.69) is 16.1 Å². The maximum atomic E-state index is 5.66. The van der Waals surface area contributed by atoms with Crippen LogP contribution in [0.2, 0.25) is 0 Å². The minimum atomic E-state index is 0.632. The number of nitrogens with zero attached hydrogens (tertiary/aromatic N) is 3. The lowest BCUT2D eigenvalue weighted by Gasteiger charge is -2.01. The molecule has 0 atom stereocenters. The molecule has 0 saturated heterocycles. The number of aromatic nitrogens is 3. The van der Waals surface area contributed by atoms with Crippen LogP contribution in [0.5, 0.6) is 0 Å². The third-order valence-corrected chi connectivity index (χ3v) is 3.13. The van der Waals surface area contributed by atoms with Crippen molar-refractivity contribution in [2.75, 3.05) is 5.73 Å². The average molecular weight is 202 g/mol. The molecule has 0 aromatic carbocycles. The van der Waals surface area contributed by atoms with Crippen molar-refractivity contribution in [2.45, 2.75) is 31.6 Å². The maximum Gasteiger partial charge on any atom is 0.155 e. The van der Waals surface area contributed by atoms with Crippen LogP contribution >= 0.6 is 0 Å². The molecule has 1 aliphatic rings. The lowest BCUT2D eigenvalue weighted by Crippen LogP contribution is -1.96. The van der Waals surface area contributed by atoms with Crippen molar-refractivity contribution >= 4 is 11.3 Å². The number of anilines is 1. The van der Waals surface area contributed by atoms with Crippen molar-refractivity contribution in [3.05, 3.63) is 24.2 Å². The van der Waals surface area contributed by atoms with Crippen LogP contribution in [0.25, 0.3) is 5.65 Å². The quantitative estimate of drug-likeness (QED) is 0.769. The van der Waals surface area contributed by atoms with Gasteiger partial charge in [-0.3, -0.25) is 0 Å². The molecule has 0 aliphatic heterocycles. The molecular weight excluding hydrogens is 188 g/mol. The molecule has 1 saturated carbocycles. The van der Waals surface area contributed by atoms with E-state index in [1.54, 1.807) is 10.7 Å². The summed E-state index contributed by atoms with van der Waals surface area (Å²) in [6, 6.07) is 2.08. The molecular formula is C11H14N4. The molecule has 0 amide bonds. The van der Waals surface area contributed by atoms with Gasteiger partial charge >= 0.3 is 0 Å². The lowest BCUT2D eigenvalue weighted by atomic mass is 10.1. The first-order valence-electron chi connectivity index (χ1n) is 5.44. The molecule has 15 heavy (non-hydrogen) atoms. The van der Waals surface area contributed by atoms with Crippen molar-refractivity contribution < 1.29 is 0 Å². The Morgan fingerprint density at radius 2 is 2.13 bits per heavy atom. The summed E-state index contributed by atoms with van der Waals surface area (Å²) in [6.45, 7) is 0. The Labute approximate surface area is 88.1 Å². The highest BCUT2D eigenvalue weighted by Crippen LogP contribution is 2.33. The normalized spacial score (nSPS) is 17.6. The molecule has 1 aliphatic carbocycles. The summed E-state index contributed by atoms with van der Waals surface area (Å²) in [6.07, 6.45) is 8.68. The monoisotopic (exact) mass is 202 g/mol. The van der Waals surface area contributed by atoms with E-state index < -0.39 is 0 Å². The zero-order valence-corrected chi connectivity index (χ0v) is 8.56. The van der Waals surface area contributed by atoms with Crippen LogP contribution in [0.3, 0.4) is 0 Å². The van der Waals surface area contributed by atoms with E-state index in [1.165, 1.54) is 31.4 Å². The zero-order chi connectivity index (χ0) is 10.3. The molecule has 2 aromatic rings. The van der Waals surface area contributed by atoms with Gasteiger partial charge in [0.2, 0.25) is 0 Å². The fourth-order valence-corrected chi connectivity index (χ4v) is 2.33. The SMILES string of the molecule is Nc1cnc2cc(C3CCCC3)nn2c1. The highest BCUT2D eigenvalue weighted by Gasteiger charge is 2.19. The minimum absolute atomic E-state index is 0.632. The van der Waals surface area contributed by atoms with E-state index in [0.717, 1.165) is 5.65 Å². The van der Waals surface area contributed by atoms with Gasteiger partial charge in [-0.15, -0.1) is 0 Å².